The highest BCUT2D eigenvalue weighted by atomic mass is 16.5. The summed E-state index contributed by atoms with van der Waals surface area (Å²) in [6, 6.07) is 0.409. The lowest BCUT2D eigenvalue weighted by Gasteiger charge is -2.53. The number of rotatable bonds is 4. The van der Waals surface area contributed by atoms with E-state index in [-0.39, 0.29) is 0 Å². The van der Waals surface area contributed by atoms with Crippen molar-refractivity contribution in [1.29, 1.82) is 0 Å². The molecular formula is C14H27NO. The van der Waals surface area contributed by atoms with Gasteiger partial charge in [-0.3, -0.25) is 0 Å². The van der Waals surface area contributed by atoms with Crippen LogP contribution in [0.1, 0.15) is 59.3 Å². The summed E-state index contributed by atoms with van der Waals surface area (Å²) < 4.78 is 6.23. The number of ether oxygens (including phenoxy) is 1. The van der Waals surface area contributed by atoms with Gasteiger partial charge in [-0.1, -0.05) is 26.7 Å². The first-order valence-electron chi connectivity index (χ1n) is 6.95. The molecule has 0 aromatic rings. The summed E-state index contributed by atoms with van der Waals surface area (Å²) in [7, 11) is 0. The number of hydrogen-bond donors (Lipinski definition) is 1. The van der Waals surface area contributed by atoms with Crippen LogP contribution in [-0.2, 0) is 4.74 Å². The van der Waals surface area contributed by atoms with Crippen molar-refractivity contribution in [3.8, 4) is 0 Å². The molecule has 16 heavy (non-hydrogen) atoms. The normalized spacial score (nSPS) is 34.3. The Hall–Kier alpha value is -0.0800. The maximum absolute atomic E-state index is 6.23. The van der Waals surface area contributed by atoms with Crippen molar-refractivity contribution in [3.63, 3.8) is 0 Å². The van der Waals surface area contributed by atoms with E-state index in [1.807, 2.05) is 0 Å². The van der Waals surface area contributed by atoms with Crippen molar-refractivity contribution in [2.24, 2.45) is 17.1 Å². The van der Waals surface area contributed by atoms with E-state index in [1.54, 1.807) is 0 Å². The van der Waals surface area contributed by atoms with Gasteiger partial charge < -0.3 is 10.5 Å². The van der Waals surface area contributed by atoms with Crippen LogP contribution in [0.5, 0.6) is 0 Å². The highest BCUT2D eigenvalue weighted by molar-refractivity contribution is 5.08. The molecule has 2 aliphatic carbocycles. The minimum absolute atomic E-state index is 0.366. The molecule has 0 radical (unpaired) electrons. The summed E-state index contributed by atoms with van der Waals surface area (Å²) in [5, 5.41) is 0. The second-order valence-electron chi connectivity index (χ2n) is 6.35. The van der Waals surface area contributed by atoms with E-state index >= 15 is 0 Å². The van der Waals surface area contributed by atoms with Crippen molar-refractivity contribution < 1.29 is 4.74 Å². The third-order valence-electron chi connectivity index (χ3n) is 4.58. The Balaban J connectivity index is 1.86. The maximum atomic E-state index is 6.23. The van der Waals surface area contributed by atoms with Gasteiger partial charge in [-0.25, -0.2) is 0 Å². The Kier molecular flexibility index (Phi) is 3.60. The zero-order valence-electron chi connectivity index (χ0n) is 11.0. The van der Waals surface area contributed by atoms with Crippen LogP contribution < -0.4 is 5.73 Å². The van der Waals surface area contributed by atoms with Gasteiger partial charge in [0.15, 0.2) is 0 Å². The molecule has 2 aliphatic rings. The molecule has 0 aromatic carbocycles. The standard InChI is InChI=1S/C14H27NO/c1-10(2)8-11(3)16-13-9-12(15)14(13)6-4-5-7-14/h10-13H,4-9,15H2,1-3H3. The third kappa shape index (κ3) is 2.14. The molecule has 0 aromatic heterocycles. The fourth-order valence-electron chi connectivity index (χ4n) is 3.70. The van der Waals surface area contributed by atoms with E-state index in [2.05, 4.69) is 20.8 Å². The lowest BCUT2D eigenvalue weighted by Crippen LogP contribution is -2.61. The van der Waals surface area contributed by atoms with Crippen LogP contribution in [0.2, 0.25) is 0 Å². The van der Waals surface area contributed by atoms with E-state index < -0.39 is 0 Å². The molecule has 2 rings (SSSR count). The summed E-state index contributed by atoms with van der Waals surface area (Å²) in [4.78, 5) is 0. The maximum Gasteiger partial charge on any atom is 0.0664 e. The Morgan fingerprint density at radius 1 is 1.25 bits per heavy atom. The Morgan fingerprint density at radius 3 is 2.38 bits per heavy atom. The fourth-order valence-corrected chi connectivity index (χ4v) is 3.70. The topological polar surface area (TPSA) is 35.2 Å². The van der Waals surface area contributed by atoms with Gasteiger partial charge in [0, 0.05) is 11.5 Å². The molecular weight excluding hydrogens is 198 g/mol. The van der Waals surface area contributed by atoms with Gasteiger partial charge in [0.2, 0.25) is 0 Å². The number of hydrogen-bond acceptors (Lipinski definition) is 2. The first-order valence-corrected chi connectivity index (χ1v) is 6.95. The van der Waals surface area contributed by atoms with Crippen molar-refractivity contribution in [2.45, 2.75) is 77.5 Å². The van der Waals surface area contributed by atoms with Gasteiger partial charge >= 0.3 is 0 Å². The minimum atomic E-state index is 0.366. The third-order valence-corrected chi connectivity index (χ3v) is 4.58. The first kappa shape index (κ1) is 12.4. The monoisotopic (exact) mass is 225 g/mol. The van der Waals surface area contributed by atoms with Gasteiger partial charge in [-0.05, 0) is 38.5 Å². The van der Waals surface area contributed by atoms with Crippen molar-refractivity contribution >= 4 is 0 Å². The molecule has 3 unspecified atom stereocenters. The first-order chi connectivity index (χ1) is 7.54. The molecule has 0 saturated heterocycles. The van der Waals surface area contributed by atoms with Crippen molar-refractivity contribution in [3.05, 3.63) is 0 Å². The summed E-state index contributed by atoms with van der Waals surface area (Å²) in [5.41, 5.74) is 6.57. The molecule has 2 nitrogen and oxygen atoms in total. The molecule has 1 spiro atoms. The minimum Gasteiger partial charge on any atom is -0.375 e. The SMILES string of the molecule is CC(C)CC(C)OC1CC(N)C12CCCC2. The zero-order chi connectivity index (χ0) is 11.8. The molecule has 2 fully saturated rings. The molecule has 2 heteroatoms. The van der Waals surface area contributed by atoms with E-state index in [1.165, 1.54) is 32.1 Å². The molecule has 2 N–H and O–H groups in total. The molecule has 94 valence electrons. The summed E-state index contributed by atoms with van der Waals surface area (Å²) in [6.07, 6.45) is 8.41. The molecule has 2 saturated carbocycles. The van der Waals surface area contributed by atoms with Gasteiger partial charge in [0.05, 0.1) is 12.2 Å². The van der Waals surface area contributed by atoms with Crippen LogP contribution in [0.25, 0.3) is 0 Å². The highest BCUT2D eigenvalue weighted by Gasteiger charge is 2.55. The Labute approximate surface area is 99.9 Å². The van der Waals surface area contributed by atoms with Crippen LogP contribution in [0, 0.1) is 11.3 Å². The van der Waals surface area contributed by atoms with Gasteiger partial charge in [-0.15, -0.1) is 0 Å². The van der Waals surface area contributed by atoms with Crippen LogP contribution in [0.3, 0.4) is 0 Å². The quantitative estimate of drug-likeness (QED) is 0.798. The lowest BCUT2D eigenvalue weighted by atomic mass is 9.61. The van der Waals surface area contributed by atoms with E-state index in [0.717, 1.165) is 12.3 Å². The summed E-state index contributed by atoms with van der Waals surface area (Å²) in [6.45, 7) is 6.74. The van der Waals surface area contributed by atoms with Crippen molar-refractivity contribution in [2.75, 3.05) is 0 Å². The van der Waals surface area contributed by atoms with Gasteiger partial charge in [0.1, 0.15) is 0 Å². The summed E-state index contributed by atoms with van der Waals surface area (Å²) >= 11 is 0. The second kappa shape index (κ2) is 4.66. The van der Waals surface area contributed by atoms with Crippen LogP contribution in [0.15, 0.2) is 0 Å². The highest BCUT2D eigenvalue weighted by Crippen LogP contribution is 2.54. The molecule has 0 aliphatic heterocycles. The van der Waals surface area contributed by atoms with Gasteiger partial charge in [-0.2, -0.15) is 0 Å². The zero-order valence-corrected chi connectivity index (χ0v) is 11.0. The average Bonchev–Trinajstić information content (AvgIpc) is 2.67. The smallest absolute Gasteiger partial charge is 0.0664 e. The lowest BCUT2D eigenvalue weighted by molar-refractivity contribution is -0.151. The second-order valence-corrected chi connectivity index (χ2v) is 6.35. The van der Waals surface area contributed by atoms with Crippen LogP contribution in [0.4, 0.5) is 0 Å². The largest absolute Gasteiger partial charge is 0.375 e. The molecule has 0 bridgehead atoms. The van der Waals surface area contributed by atoms with E-state index in [0.29, 0.717) is 23.7 Å². The van der Waals surface area contributed by atoms with Crippen LogP contribution in [-0.4, -0.2) is 18.2 Å². The Bertz CT molecular complexity index is 233. The molecule has 0 heterocycles. The Morgan fingerprint density at radius 2 is 1.88 bits per heavy atom. The predicted molar refractivity (Wildman–Crippen MR) is 67.3 cm³/mol. The van der Waals surface area contributed by atoms with Crippen molar-refractivity contribution in [1.82, 2.24) is 0 Å². The number of nitrogens with two attached hydrogens (primary N) is 1. The molecule has 3 atom stereocenters. The predicted octanol–water partition coefficient (Wildman–Crippen LogP) is 3.10. The van der Waals surface area contributed by atoms with E-state index in [9.17, 15) is 0 Å². The average molecular weight is 225 g/mol. The van der Waals surface area contributed by atoms with E-state index in [4.69, 9.17) is 10.5 Å². The summed E-state index contributed by atoms with van der Waals surface area (Å²) in [5.74, 6) is 0.725. The fraction of sp³-hybridized carbons (Fsp3) is 1.00. The molecule has 0 amide bonds. The van der Waals surface area contributed by atoms with Crippen LogP contribution >= 0.6 is 0 Å². The van der Waals surface area contributed by atoms with Gasteiger partial charge in [0.25, 0.3) is 0 Å².